The zero-order chi connectivity index (χ0) is 21.3. The van der Waals surface area contributed by atoms with Gasteiger partial charge >= 0.3 is 0 Å². The van der Waals surface area contributed by atoms with E-state index in [1.165, 1.54) is 11.3 Å². The van der Waals surface area contributed by atoms with Crippen LogP contribution < -0.4 is 5.32 Å². The fourth-order valence-electron chi connectivity index (χ4n) is 4.06. The molecule has 0 saturated heterocycles. The minimum absolute atomic E-state index is 0.0254. The Balaban J connectivity index is 1.55. The maximum atomic E-state index is 13.5. The Bertz CT molecular complexity index is 1070. The van der Waals surface area contributed by atoms with Crippen molar-refractivity contribution in [1.82, 2.24) is 15.2 Å². The number of para-hydroxylation sites is 1. The first-order chi connectivity index (χ1) is 14.5. The van der Waals surface area contributed by atoms with Gasteiger partial charge in [-0.1, -0.05) is 50.1 Å². The predicted octanol–water partition coefficient (Wildman–Crippen LogP) is 4.55. The minimum Gasteiger partial charge on any atom is -0.358 e. The highest BCUT2D eigenvalue weighted by Gasteiger charge is 2.32. The molecule has 30 heavy (non-hydrogen) atoms. The molecule has 1 aromatic heterocycles. The lowest BCUT2D eigenvalue weighted by atomic mass is 9.95. The normalized spacial score (nSPS) is 15.5. The van der Waals surface area contributed by atoms with Crippen molar-refractivity contribution in [3.8, 4) is 0 Å². The number of rotatable bonds is 5. The number of halogens is 1. The van der Waals surface area contributed by atoms with Gasteiger partial charge in [-0.15, -0.1) is 0 Å². The van der Waals surface area contributed by atoms with E-state index < -0.39 is 6.04 Å². The van der Waals surface area contributed by atoms with Crippen molar-refractivity contribution in [3.05, 3.63) is 70.4 Å². The molecule has 1 aliphatic heterocycles. The molecule has 0 radical (unpaired) electrons. The largest absolute Gasteiger partial charge is 0.358 e. The smallest absolute Gasteiger partial charge is 0.251 e. The average molecular weight is 424 g/mol. The van der Waals surface area contributed by atoms with Gasteiger partial charge in [-0.2, -0.15) is 0 Å². The van der Waals surface area contributed by atoms with Crippen LogP contribution in [0.2, 0.25) is 5.02 Å². The van der Waals surface area contributed by atoms with E-state index in [0.29, 0.717) is 23.7 Å². The Hall–Kier alpha value is -2.79. The summed E-state index contributed by atoms with van der Waals surface area (Å²) in [6.07, 6.45) is 1.58. The Morgan fingerprint density at radius 2 is 1.90 bits per heavy atom. The molecule has 2 heterocycles. The molecule has 2 atom stereocenters. The molecule has 156 valence electrons. The molecule has 0 spiro atoms. The third-order valence-corrected chi connectivity index (χ3v) is 6.32. The van der Waals surface area contributed by atoms with Crippen molar-refractivity contribution < 1.29 is 9.59 Å². The summed E-state index contributed by atoms with van der Waals surface area (Å²) in [7, 11) is 0. The standard InChI is InChI=1S/C24H26ClN3O2/c1-3-15(2)22(27-23(29)16-8-10-17(25)11-9-16)24(30)28-13-12-21-19(14-28)18-6-4-5-7-20(18)26-21/h4-11,15,22,26H,3,12-14H2,1-2H3,(H,27,29)/t15-,22-/m1/s1. The first kappa shape index (κ1) is 20.5. The van der Waals surface area contributed by atoms with E-state index in [4.69, 9.17) is 11.6 Å². The molecule has 2 aromatic carbocycles. The number of benzene rings is 2. The second kappa shape index (κ2) is 8.52. The highest BCUT2D eigenvalue weighted by atomic mass is 35.5. The average Bonchev–Trinajstić information content (AvgIpc) is 3.14. The highest BCUT2D eigenvalue weighted by molar-refractivity contribution is 6.30. The molecule has 5 nitrogen and oxygen atoms in total. The van der Waals surface area contributed by atoms with Crippen LogP contribution in [0, 0.1) is 5.92 Å². The minimum atomic E-state index is -0.565. The van der Waals surface area contributed by atoms with Gasteiger partial charge in [0.1, 0.15) is 6.04 Å². The van der Waals surface area contributed by atoms with Gasteiger partial charge in [0.25, 0.3) is 5.91 Å². The number of fused-ring (bicyclic) bond motifs is 3. The number of hydrogen-bond donors (Lipinski definition) is 2. The Morgan fingerprint density at radius 3 is 2.63 bits per heavy atom. The van der Waals surface area contributed by atoms with Crippen LogP contribution in [0.3, 0.4) is 0 Å². The third-order valence-electron chi connectivity index (χ3n) is 6.07. The van der Waals surface area contributed by atoms with E-state index >= 15 is 0 Å². The zero-order valence-corrected chi connectivity index (χ0v) is 18.0. The number of H-pyrrole nitrogens is 1. The van der Waals surface area contributed by atoms with Crippen LogP contribution in [-0.4, -0.2) is 34.3 Å². The number of carbonyl (C=O) groups is 2. The molecule has 0 bridgehead atoms. The van der Waals surface area contributed by atoms with Crippen LogP contribution in [0.5, 0.6) is 0 Å². The van der Waals surface area contributed by atoms with E-state index in [1.54, 1.807) is 24.3 Å². The molecule has 0 fully saturated rings. The summed E-state index contributed by atoms with van der Waals surface area (Å²) in [5.74, 6) is -0.254. The summed E-state index contributed by atoms with van der Waals surface area (Å²) in [5.41, 5.74) is 3.98. The lowest BCUT2D eigenvalue weighted by molar-refractivity contribution is -0.135. The Labute approximate surface area is 181 Å². The molecule has 6 heteroatoms. The summed E-state index contributed by atoms with van der Waals surface area (Å²) in [5, 5.41) is 4.71. The Morgan fingerprint density at radius 1 is 1.17 bits per heavy atom. The van der Waals surface area contributed by atoms with Crippen molar-refractivity contribution in [2.45, 2.75) is 39.3 Å². The maximum absolute atomic E-state index is 13.5. The van der Waals surface area contributed by atoms with Crippen molar-refractivity contribution in [2.75, 3.05) is 6.54 Å². The topological polar surface area (TPSA) is 65.2 Å². The molecule has 2 amide bonds. The van der Waals surface area contributed by atoms with Crippen LogP contribution >= 0.6 is 11.6 Å². The van der Waals surface area contributed by atoms with Gasteiger partial charge in [0.15, 0.2) is 0 Å². The quantitative estimate of drug-likeness (QED) is 0.632. The second-order valence-corrected chi connectivity index (χ2v) is 8.42. The number of amides is 2. The van der Waals surface area contributed by atoms with Gasteiger partial charge in [0, 0.05) is 52.3 Å². The van der Waals surface area contributed by atoms with E-state index in [-0.39, 0.29) is 17.7 Å². The van der Waals surface area contributed by atoms with Gasteiger partial charge in [-0.25, -0.2) is 0 Å². The number of aromatic amines is 1. The molecule has 0 unspecified atom stereocenters. The molecule has 0 saturated carbocycles. The number of carbonyl (C=O) groups excluding carboxylic acids is 2. The van der Waals surface area contributed by atoms with Crippen molar-refractivity contribution in [1.29, 1.82) is 0 Å². The van der Waals surface area contributed by atoms with Crippen LogP contribution in [0.25, 0.3) is 10.9 Å². The number of nitrogens with one attached hydrogen (secondary N) is 2. The lowest BCUT2D eigenvalue weighted by Gasteiger charge is -2.33. The van der Waals surface area contributed by atoms with Crippen LogP contribution in [0.1, 0.15) is 41.9 Å². The number of aromatic nitrogens is 1. The first-order valence-corrected chi connectivity index (χ1v) is 10.8. The number of nitrogens with zero attached hydrogens (tertiary/aromatic N) is 1. The molecular formula is C24H26ClN3O2. The van der Waals surface area contributed by atoms with E-state index in [9.17, 15) is 9.59 Å². The van der Waals surface area contributed by atoms with E-state index in [0.717, 1.165) is 23.7 Å². The fourth-order valence-corrected chi connectivity index (χ4v) is 4.19. The van der Waals surface area contributed by atoms with E-state index in [1.807, 2.05) is 30.9 Å². The molecule has 2 N–H and O–H groups in total. The monoisotopic (exact) mass is 423 g/mol. The van der Waals surface area contributed by atoms with Gasteiger partial charge in [0.05, 0.1) is 0 Å². The summed E-state index contributed by atoms with van der Waals surface area (Å²) < 4.78 is 0. The van der Waals surface area contributed by atoms with Gasteiger partial charge in [-0.05, 0) is 36.2 Å². The Kier molecular flexibility index (Phi) is 5.82. The summed E-state index contributed by atoms with van der Waals surface area (Å²) in [6.45, 7) is 5.24. The van der Waals surface area contributed by atoms with Crippen molar-refractivity contribution in [3.63, 3.8) is 0 Å². The van der Waals surface area contributed by atoms with Crippen LogP contribution in [-0.2, 0) is 17.8 Å². The van der Waals surface area contributed by atoms with Crippen LogP contribution in [0.4, 0.5) is 0 Å². The summed E-state index contributed by atoms with van der Waals surface area (Å²) in [4.78, 5) is 31.6. The first-order valence-electron chi connectivity index (χ1n) is 10.4. The van der Waals surface area contributed by atoms with Gasteiger partial charge in [-0.3, -0.25) is 9.59 Å². The molecule has 4 rings (SSSR count). The van der Waals surface area contributed by atoms with Gasteiger partial charge in [0.2, 0.25) is 5.91 Å². The lowest BCUT2D eigenvalue weighted by Crippen LogP contribution is -2.52. The maximum Gasteiger partial charge on any atom is 0.251 e. The predicted molar refractivity (Wildman–Crippen MR) is 120 cm³/mol. The SMILES string of the molecule is CC[C@@H](C)[C@@H](NC(=O)c1ccc(Cl)cc1)C(=O)N1CCc2[nH]c3ccccc3c2C1. The highest BCUT2D eigenvalue weighted by Crippen LogP contribution is 2.28. The molecule has 1 aliphatic rings. The van der Waals surface area contributed by atoms with E-state index in [2.05, 4.69) is 22.4 Å². The molecule has 3 aromatic rings. The zero-order valence-electron chi connectivity index (χ0n) is 17.2. The van der Waals surface area contributed by atoms with Gasteiger partial charge < -0.3 is 15.2 Å². The summed E-state index contributed by atoms with van der Waals surface area (Å²) >= 11 is 5.93. The number of hydrogen-bond acceptors (Lipinski definition) is 2. The van der Waals surface area contributed by atoms with Crippen molar-refractivity contribution in [2.24, 2.45) is 5.92 Å². The molecular weight excluding hydrogens is 398 g/mol. The molecule has 0 aliphatic carbocycles. The van der Waals surface area contributed by atoms with Crippen LogP contribution in [0.15, 0.2) is 48.5 Å². The van der Waals surface area contributed by atoms with Crippen molar-refractivity contribution >= 4 is 34.3 Å². The fraction of sp³-hybridized carbons (Fsp3) is 0.333. The summed E-state index contributed by atoms with van der Waals surface area (Å²) in [6, 6.07) is 14.3. The third kappa shape index (κ3) is 3.94. The second-order valence-electron chi connectivity index (χ2n) is 7.98.